The molecule has 0 bridgehead atoms. The van der Waals surface area contributed by atoms with E-state index in [9.17, 15) is 17.6 Å². The Morgan fingerprint density at radius 1 is 1.12 bits per heavy atom. The van der Waals surface area contributed by atoms with Gasteiger partial charge in [0.25, 0.3) is 0 Å². The van der Waals surface area contributed by atoms with E-state index < -0.39 is 27.8 Å². The summed E-state index contributed by atoms with van der Waals surface area (Å²) < 4.78 is 38.8. The number of nitrogens with zero attached hydrogens (tertiary/aromatic N) is 1. The summed E-state index contributed by atoms with van der Waals surface area (Å²) >= 11 is 0. The molecule has 1 N–H and O–H groups in total. The molecule has 25 heavy (non-hydrogen) atoms. The van der Waals surface area contributed by atoms with Gasteiger partial charge in [-0.2, -0.15) is 0 Å². The summed E-state index contributed by atoms with van der Waals surface area (Å²) in [6.07, 6.45) is 0.985. The van der Waals surface area contributed by atoms with Gasteiger partial charge in [0.2, 0.25) is 15.9 Å². The largest absolute Gasteiger partial charge is 0.324 e. The molecule has 0 radical (unpaired) electrons. The third-order valence-electron chi connectivity index (χ3n) is 3.64. The van der Waals surface area contributed by atoms with Crippen molar-refractivity contribution < 1.29 is 17.6 Å². The molecule has 0 aliphatic rings. The zero-order valence-corrected chi connectivity index (χ0v) is 15.4. The number of rotatable bonds is 5. The van der Waals surface area contributed by atoms with Crippen molar-refractivity contribution in [1.82, 2.24) is 0 Å². The van der Waals surface area contributed by atoms with Crippen molar-refractivity contribution in [1.29, 1.82) is 0 Å². The Hall–Kier alpha value is -2.41. The topological polar surface area (TPSA) is 66.5 Å². The van der Waals surface area contributed by atoms with E-state index in [4.69, 9.17) is 0 Å². The fraction of sp³-hybridized carbons (Fsp3) is 0.278. The smallest absolute Gasteiger partial charge is 0.247 e. The molecular formula is C18H21FN2O3S. The van der Waals surface area contributed by atoms with Gasteiger partial charge in [-0.05, 0) is 62.2 Å². The van der Waals surface area contributed by atoms with E-state index in [-0.39, 0.29) is 5.69 Å². The number of aryl methyl sites for hydroxylation is 2. The van der Waals surface area contributed by atoms with Crippen molar-refractivity contribution in [2.24, 2.45) is 0 Å². The molecule has 1 amide bonds. The minimum Gasteiger partial charge on any atom is -0.324 e. The predicted molar refractivity (Wildman–Crippen MR) is 97.7 cm³/mol. The molecule has 134 valence electrons. The number of hydrogen-bond acceptors (Lipinski definition) is 3. The van der Waals surface area contributed by atoms with Crippen LogP contribution in [0.3, 0.4) is 0 Å². The van der Waals surface area contributed by atoms with Crippen LogP contribution in [0.4, 0.5) is 15.8 Å². The van der Waals surface area contributed by atoms with Crippen molar-refractivity contribution in [3.63, 3.8) is 0 Å². The Kier molecular flexibility index (Phi) is 5.47. The average molecular weight is 364 g/mol. The van der Waals surface area contributed by atoms with Crippen molar-refractivity contribution in [2.75, 3.05) is 15.9 Å². The minimum atomic E-state index is -3.78. The molecule has 0 aliphatic carbocycles. The molecule has 0 spiro atoms. The number of hydrogen-bond donors (Lipinski definition) is 1. The molecule has 7 heteroatoms. The number of nitrogens with one attached hydrogen (secondary N) is 1. The first-order valence-corrected chi connectivity index (χ1v) is 9.57. The summed E-state index contributed by atoms with van der Waals surface area (Å²) in [7, 11) is -3.78. The maximum absolute atomic E-state index is 13.5. The molecule has 2 rings (SSSR count). The van der Waals surface area contributed by atoms with Gasteiger partial charge < -0.3 is 5.32 Å². The van der Waals surface area contributed by atoms with E-state index in [1.54, 1.807) is 12.1 Å². The Labute approximate surface area is 147 Å². The third-order valence-corrected chi connectivity index (χ3v) is 4.88. The maximum atomic E-state index is 13.5. The van der Waals surface area contributed by atoms with Crippen LogP contribution in [-0.4, -0.2) is 26.6 Å². The maximum Gasteiger partial charge on any atom is 0.247 e. The molecular weight excluding hydrogens is 343 g/mol. The Balaban J connectivity index is 2.33. The van der Waals surface area contributed by atoms with Crippen molar-refractivity contribution in [2.45, 2.75) is 26.8 Å². The first-order chi connectivity index (χ1) is 11.6. The van der Waals surface area contributed by atoms with Gasteiger partial charge >= 0.3 is 0 Å². The van der Waals surface area contributed by atoms with Crippen LogP contribution in [0.15, 0.2) is 42.5 Å². The highest BCUT2D eigenvalue weighted by molar-refractivity contribution is 7.92. The molecule has 0 saturated carbocycles. The van der Waals surface area contributed by atoms with Gasteiger partial charge in [-0.15, -0.1) is 0 Å². The number of halogens is 1. The number of sulfonamides is 1. The Morgan fingerprint density at radius 2 is 1.72 bits per heavy atom. The van der Waals surface area contributed by atoms with Crippen LogP contribution < -0.4 is 9.62 Å². The van der Waals surface area contributed by atoms with Crippen molar-refractivity contribution in [3.05, 3.63) is 59.4 Å². The van der Waals surface area contributed by atoms with E-state index in [1.165, 1.54) is 25.1 Å². The van der Waals surface area contributed by atoms with E-state index in [1.807, 2.05) is 19.9 Å². The number of carbonyl (C=O) groups excluding carboxylic acids is 1. The van der Waals surface area contributed by atoms with E-state index in [2.05, 4.69) is 5.32 Å². The fourth-order valence-electron chi connectivity index (χ4n) is 2.72. The molecule has 0 unspecified atom stereocenters. The zero-order chi connectivity index (χ0) is 18.8. The van der Waals surface area contributed by atoms with Gasteiger partial charge in [-0.3, -0.25) is 9.10 Å². The standard InChI is InChI=1S/C18H21FN2O3S/c1-12-8-13(2)10-16(9-12)20-18(22)14(3)21(25(4,23)24)17-7-5-6-15(19)11-17/h5-11,14H,1-4H3,(H,20,22)/t14-/m1/s1. The summed E-state index contributed by atoms with van der Waals surface area (Å²) in [5.41, 5.74) is 2.65. The molecule has 0 aromatic heterocycles. The minimum absolute atomic E-state index is 0.102. The summed E-state index contributed by atoms with van der Waals surface area (Å²) in [5, 5.41) is 2.72. The average Bonchev–Trinajstić information content (AvgIpc) is 2.44. The van der Waals surface area contributed by atoms with Crippen LogP contribution in [0.2, 0.25) is 0 Å². The molecule has 0 saturated heterocycles. The summed E-state index contributed by atoms with van der Waals surface area (Å²) in [5.74, 6) is -1.08. The van der Waals surface area contributed by atoms with E-state index >= 15 is 0 Å². The predicted octanol–water partition coefficient (Wildman–Crippen LogP) is 3.24. The first-order valence-electron chi connectivity index (χ1n) is 7.72. The highest BCUT2D eigenvalue weighted by atomic mass is 32.2. The molecule has 1 atom stereocenters. The number of carbonyl (C=O) groups is 1. The highest BCUT2D eigenvalue weighted by Crippen LogP contribution is 2.23. The van der Waals surface area contributed by atoms with Gasteiger partial charge in [0.15, 0.2) is 0 Å². The van der Waals surface area contributed by atoms with Gasteiger partial charge in [0.1, 0.15) is 11.9 Å². The second-order valence-corrected chi connectivity index (χ2v) is 7.94. The molecule has 5 nitrogen and oxygen atoms in total. The molecule has 2 aromatic carbocycles. The summed E-state index contributed by atoms with van der Waals surface area (Å²) in [4.78, 5) is 12.6. The number of amides is 1. The van der Waals surface area contributed by atoms with Crippen LogP contribution in [0.5, 0.6) is 0 Å². The quantitative estimate of drug-likeness (QED) is 0.886. The SMILES string of the molecule is Cc1cc(C)cc(NC(=O)[C@@H](C)N(c2cccc(F)c2)S(C)(=O)=O)c1. The summed E-state index contributed by atoms with van der Waals surface area (Å²) in [6.45, 7) is 5.27. The zero-order valence-electron chi connectivity index (χ0n) is 14.6. The van der Waals surface area contributed by atoms with E-state index in [0.29, 0.717) is 5.69 Å². The van der Waals surface area contributed by atoms with E-state index in [0.717, 1.165) is 27.8 Å². The second kappa shape index (κ2) is 7.23. The number of anilines is 2. The van der Waals surface area contributed by atoms with Gasteiger partial charge in [0, 0.05) is 5.69 Å². The van der Waals surface area contributed by atoms with Crippen molar-refractivity contribution >= 4 is 27.3 Å². The van der Waals surface area contributed by atoms with Crippen LogP contribution in [-0.2, 0) is 14.8 Å². The summed E-state index contributed by atoms with van der Waals surface area (Å²) in [6, 6.07) is 9.66. The highest BCUT2D eigenvalue weighted by Gasteiger charge is 2.29. The molecule has 0 heterocycles. The lowest BCUT2D eigenvalue weighted by atomic mass is 10.1. The molecule has 2 aromatic rings. The molecule has 0 fully saturated rings. The van der Waals surface area contributed by atoms with Crippen LogP contribution >= 0.6 is 0 Å². The normalized spacial score (nSPS) is 12.5. The lowest BCUT2D eigenvalue weighted by molar-refractivity contribution is -0.116. The second-order valence-electron chi connectivity index (χ2n) is 6.08. The van der Waals surface area contributed by atoms with Crippen LogP contribution in [0, 0.1) is 19.7 Å². The lowest BCUT2D eigenvalue weighted by Gasteiger charge is -2.28. The fourth-order valence-corrected chi connectivity index (χ4v) is 3.88. The third kappa shape index (κ3) is 4.79. The van der Waals surface area contributed by atoms with Gasteiger partial charge in [0.05, 0.1) is 11.9 Å². The van der Waals surface area contributed by atoms with Crippen molar-refractivity contribution in [3.8, 4) is 0 Å². The van der Waals surface area contributed by atoms with Gasteiger partial charge in [-0.1, -0.05) is 12.1 Å². The first kappa shape index (κ1) is 18.9. The Morgan fingerprint density at radius 3 is 2.24 bits per heavy atom. The Bertz CT molecular complexity index is 877. The monoisotopic (exact) mass is 364 g/mol. The van der Waals surface area contributed by atoms with Crippen LogP contribution in [0.25, 0.3) is 0 Å². The van der Waals surface area contributed by atoms with Crippen LogP contribution in [0.1, 0.15) is 18.1 Å². The molecule has 0 aliphatic heterocycles. The van der Waals surface area contributed by atoms with Gasteiger partial charge in [-0.25, -0.2) is 12.8 Å². The number of benzene rings is 2. The lowest BCUT2D eigenvalue weighted by Crippen LogP contribution is -2.45.